The highest BCUT2D eigenvalue weighted by Gasteiger charge is 2.05. The molecule has 0 fully saturated rings. The van der Waals surface area contributed by atoms with Gasteiger partial charge in [0.05, 0.1) is 4.99 Å². The second-order valence-corrected chi connectivity index (χ2v) is 5.44. The van der Waals surface area contributed by atoms with Gasteiger partial charge in [0.1, 0.15) is 0 Å². The Morgan fingerprint density at radius 3 is 3.00 bits per heavy atom. The number of pyridine rings is 1. The van der Waals surface area contributed by atoms with E-state index in [0.717, 1.165) is 15.0 Å². The normalized spacial score (nSPS) is 10.4. The van der Waals surface area contributed by atoms with Crippen molar-refractivity contribution in [1.29, 1.82) is 0 Å². The molecule has 0 saturated heterocycles. The largest absolute Gasteiger partial charge is 0.396 e. The van der Waals surface area contributed by atoms with Crippen LogP contribution in [0.25, 0.3) is 0 Å². The zero-order valence-electron chi connectivity index (χ0n) is 10.3. The average molecular weight is 333 g/mol. The Hall–Kier alpha value is -0.720. The molecule has 4 nitrogen and oxygen atoms in total. The van der Waals surface area contributed by atoms with E-state index in [-0.39, 0.29) is 12.2 Å². The minimum atomic E-state index is 0.0105. The Labute approximate surface area is 120 Å². The van der Waals surface area contributed by atoms with Crippen LogP contribution in [0.15, 0.2) is 21.5 Å². The van der Waals surface area contributed by atoms with E-state index in [1.54, 1.807) is 17.8 Å². The number of halogens is 1. The molecule has 2 N–H and O–H groups in total. The second kappa shape index (κ2) is 7.66. The van der Waals surface area contributed by atoms with E-state index in [9.17, 15) is 4.79 Å². The quantitative estimate of drug-likeness (QED) is 0.610. The highest BCUT2D eigenvalue weighted by Crippen LogP contribution is 2.09. The fraction of sp³-hybridized carbons (Fsp3) is 0.500. The van der Waals surface area contributed by atoms with Gasteiger partial charge < -0.3 is 15.0 Å². The van der Waals surface area contributed by atoms with Gasteiger partial charge in [0.2, 0.25) is 0 Å². The molecule has 6 heteroatoms. The van der Waals surface area contributed by atoms with Gasteiger partial charge in [-0.3, -0.25) is 4.79 Å². The smallest absolute Gasteiger partial charge is 0.253 e. The Balaban J connectivity index is 2.53. The predicted octanol–water partition coefficient (Wildman–Crippen LogP) is 1.38. The molecule has 1 aromatic heterocycles. The summed E-state index contributed by atoms with van der Waals surface area (Å²) in [7, 11) is 1.73. The Bertz CT molecular complexity index is 474. The molecule has 0 spiro atoms. The lowest BCUT2D eigenvalue weighted by atomic mass is 10.1. The molecular weight excluding hydrogens is 316 g/mol. The second-order valence-electron chi connectivity index (χ2n) is 4.03. The first-order valence-corrected chi connectivity index (χ1v) is 6.97. The molecular formula is C12H17BrN2O2S. The van der Waals surface area contributed by atoms with Gasteiger partial charge in [-0.15, -0.1) is 0 Å². The molecule has 0 saturated carbocycles. The topological polar surface area (TPSA) is 54.3 Å². The van der Waals surface area contributed by atoms with Crippen LogP contribution in [-0.4, -0.2) is 27.8 Å². The van der Waals surface area contributed by atoms with Gasteiger partial charge in [-0.1, -0.05) is 12.2 Å². The summed E-state index contributed by atoms with van der Waals surface area (Å²) in [6, 6.07) is 1.83. The van der Waals surface area contributed by atoms with Gasteiger partial charge in [0.15, 0.2) is 0 Å². The fourth-order valence-electron chi connectivity index (χ4n) is 1.56. The number of aromatic nitrogens is 1. The number of hydrogen-bond acceptors (Lipinski definition) is 3. The van der Waals surface area contributed by atoms with Crippen molar-refractivity contribution in [2.75, 3.05) is 13.2 Å². The highest BCUT2D eigenvalue weighted by atomic mass is 79.9. The molecule has 0 aliphatic heterocycles. The molecule has 0 aromatic carbocycles. The SMILES string of the molecule is Cn1cc(Br)cc(CCC(=S)NCCCO)c1=O. The summed E-state index contributed by atoms with van der Waals surface area (Å²) in [6.45, 7) is 0.827. The van der Waals surface area contributed by atoms with Crippen LogP contribution in [-0.2, 0) is 13.5 Å². The number of aryl methyl sites for hydroxylation is 2. The summed E-state index contributed by atoms with van der Waals surface area (Å²) in [5, 5.41) is 11.7. The van der Waals surface area contributed by atoms with Crippen LogP contribution in [0, 0.1) is 0 Å². The van der Waals surface area contributed by atoms with Crippen molar-refractivity contribution >= 4 is 33.1 Å². The van der Waals surface area contributed by atoms with E-state index in [4.69, 9.17) is 17.3 Å². The maximum absolute atomic E-state index is 11.8. The van der Waals surface area contributed by atoms with Crippen LogP contribution in [0.2, 0.25) is 0 Å². The third kappa shape index (κ3) is 4.88. The monoisotopic (exact) mass is 332 g/mol. The van der Waals surface area contributed by atoms with E-state index in [1.165, 1.54) is 0 Å². The third-order valence-corrected chi connectivity index (χ3v) is 3.28. The number of hydrogen-bond donors (Lipinski definition) is 2. The molecule has 0 atom stereocenters. The molecule has 100 valence electrons. The van der Waals surface area contributed by atoms with Crippen molar-refractivity contribution in [2.24, 2.45) is 7.05 Å². The average Bonchev–Trinajstić information content (AvgIpc) is 2.32. The van der Waals surface area contributed by atoms with Crippen molar-refractivity contribution < 1.29 is 5.11 Å². The fourth-order valence-corrected chi connectivity index (χ4v) is 2.35. The summed E-state index contributed by atoms with van der Waals surface area (Å²) in [6.07, 6.45) is 3.69. The third-order valence-electron chi connectivity index (χ3n) is 2.50. The number of nitrogens with one attached hydrogen (secondary N) is 1. The Kier molecular flexibility index (Phi) is 6.52. The molecule has 0 unspecified atom stereocenters. The minimum Gasteiger partial charge on any atom is -0.396 e. The Morgan fingerprint density at radius 1 is 1.61 bits per heavy atom. The van der Waals surface area contributed by atoms with Gasteiger partial charge in [-0.2, -0.15) is 0 Å². The van der Waals surface area contributed by atoms with Crippen LogP contribution in [0.4, 0.5) is 0 Å². The maximum atomic E-state index is 11.8. The molecule has 0 radical (unpaired) electrons. The molecule has 1 aromatic rings. The van der Waals surface area contributed by atoms with Gasteiger partial charge in [-0.05, 0) is 34.8 Å². The first-order chi connectivity index (χ1) is 8.54. The van der Waals surface area contributed by atoms with E-state index in [0.29, 0.717) is 25.8 Å². The van der Waals surface area contributed by atoms with Crippen LogP contribution in [0.3, 0.4) is 0 Å². The molecule has 0 bridgehead atoms. The van der Waals surface area contributed by atoms with Crippen molar-refractivity contribution in [3.63, 3.8) is 0 Å². The molecule has 0 aliphatic rings. The van der Waals surface area contributed by atoms with Gasteiger partial charge >= 0.3 is 0 Å². The van der Waals surface area contributed by atoms with Crippen LogP contribution < -0.4 is 10.9 Å². The molecule has 1 heterocycles. The van der Waals surface area contributed by atoms with Gasteiger partial charge in [-0.25, -0.2) is 0 Å². The highest BCUT2D eigenvalue weighted by molar-refractivity contribution is 9.10. The predicted molar refractivity (Wildman–Crippen MR) is 80.0 cm³/mol. The van der Waals surface area contributed by atoms with Crippen molar-refractivity contribution in [2.45, 2.75) is 19.3 Å². The van der Waals surface area contributed by atoms with Gasteiger partial charge in [0.25, 0.3) is 5.56 Å². The summed E-state index contributed by atoms with van der Waals surface area (Å²) >= 11 is 8.53. The van der Waals surface area contributed by atoms with Gasteiger partial charge in [0, 0.05) is 42.9 Å². The summed E-state index contributed by atoms with van der Waals surface area (Å²) in [4.78, 5) is 12.6. The summed E-state index contributed by atoms with van der Waals surface area (Å²) < 4.78 is 2.44. The lowest BCUT2D eigenvalue weighted by Crippen LogP contribution is -2.25. The molecule has 18 heavy (non-hydrogen) atoms. The van der Waals surface area contributed by atoms with E-state index in [2.05, 4.69) is 21.2 Å². The van der Waals surface area contributed by atoms with Crippen molar-refractivity contribution in [3.8, 4) is 0 Å². The molecule has 0 amide bonds. The van der Waals surface area contributed by atoms with E-state index >= 15 is 0 Å². The van der Waals surface area contributed by atoms with Crippen molar-refractivity contribution in [1.82, 2.24) is 9.88 Å². The Morgan fingerprint density at radius 2 is 2.33 bits per heavy atom. The number of thiocarbonyl (C=S) groups is 1. The molecule has 0 aliphatic carbocycles. The number of aliphatic hydroxyl groups is 1. The number of rotatable bonds is 6. The minimum absolute atomic E-state index is 0.0105. The molecule has 1 rings (SSSR count). The summed E-state index contributed by atoms with van der Waals surface area (Å²) in [5.74, 6) is 0. The first kappa shape index (κ1) is 15.3. The maximum Gasteiger partial charge on any atom is 0.253 e. The van der Waals surface area contributed by atoms with Crippen LogP contribution in [0.1, 0.15) is 18.4 Å². The lowest BCUT2D eigenvalue weighted by Gasteiger charge is -2.08. The number of nitrogens with zero attached hydrogens (tertiary/aromatic N) is 1. The number of aliphatic hydroxyl groups excluding tert-OH is 1. The first-order valence-electron chi connectivity index (χ1n) is 5.77. The van der Waals surface area contributed by atoms with Crippen molar-refractivity contribution in [3.05, 3.63) is 32.7 Å². The lowest BCUT2D eigenvalue weighted by molar-refractivity contribution is 0.289. The standard InChI is InChI=1S/C12H17BrN2O2S/c1-15-8-10(13)7-9(12(15)17)3-4-11(18)14-5-2-6-16/h7-8,16H,2-6H2,1H3,(H,14,18). The van der Waals surface area contributed by atoms with Crippen LogP contribution >= 0.6 is 28.1 Å². The van der Waals surface area contributed by atoms with E-state index < -0.39 is 0 Å². The zero-order valence-corrected chi connectivity index (χ0v) is 12.7. The van der Waals surface area contributed by atoms with Crippen LogP contribution in [0.5, 0.6) is 0 Å². The zero-order chi connectivity index (χ0) is 13.5. The summed E-state index contributed by atoms with van der Waals surface area (Å²) in [5.41, 5.74) is 0.759. The van der Waals surface area contributed by atoms with E-state index in [1.807, 2.05) is 6.07 Å².